The van der Waals surface area contributed by atoms with Crippen LogP contribution in [0.4, 0.5) is 19.0 Å². The second kappa shape index (κ2) is 9.19. The van der Waals surface area contributed by atoms with E-state index in [1.807, 2.05) is 0 Å². The fourth-order valence-corrected chi connectivity index (χ4v) is 3.64. The Hall–Kier alpha value is -2.72. The van der Waals surface area contributed by atoms with Crippen molar-refractivity contribution >= 4 is 11.8 Å². The van der Waals surface area contributed by atoms with Crippen molar-refractivity contribution in [1.82, 2.24) is 9.97 Å². The molecule has 2 N–H and O–H groups in total. The van der Waals surface area contributed by atoms with Gasteiger partial charge in [0.05, 0.1) is 42.5 Å². The fourth-order valence-electron chi connectivity index (χ4n) is 3.64. The van der Waals surface area contributed by atoms with Crippen LogP contribution in [-0.2, 0) is 26.9 Å². The topological polar surface area (TPSA) is 93.6 Å². The number of aliphatic carboxylic acids is 1. The quantitative estimate of drug-likeness (QED) is 0.691. The number of benzene rings is 1. The minimum atomic E-state index is -4.46. The number of ether oxygens (including phenoxy) is 2. The van der Waals surface area contributed by atoms with Gasteiger partial charge in [-0.15, -0.1) is 0 Å². The van der Waals surface area contributed by atoms with Crippen LogP contribution < -0.4 is 5.32 Å². The first kappa shape index (κ1) is 23.0. The molecule has 0 saturated carbocycles. The molecule has 7 nitrogen and oxygen atoms in total. The molecule has 2 heterocycles. The van der Waals surface area contributed by atoms with Crippen LogP contribution in [0.1, 0.15) is 59.4 Å². The number of carbonyl (C=O) groups is 1. The van der Waals surface area contributed by atoms with Crippen molar-refractivity contribution in [2.45, 2.75) is 52.1 Å². The molecule has 1 aromatic heterocycles. The zero-order valence-corrected chi connectivity index (χ0v) is 17.4. The van der Waals surface area contributed by atoms with Crippen molar-refractivity contribution in [2.75, 3.05) is 18.5 Å². The molecule has 1 aliphatic rings. The number of aromatic nitrogens is 2. The summed E-state index contributed by atoms with van der Waals surface area (Å²) in [5.41, 5.74) is 0.440. The number of alkyl halides is 3. The van der Waals surface area contributed by atoms with E-state index < -0.39 is 30.0 Å². The summed E-state index contributed by atoms with van der Waals surface area (Å²) in [6.07, 6.45) is -5.00. The van der Waals surface area contributed by atoms with E-state index in [2.05, 4.69) is 15.3 Å². The Balaban J connectivity index is 2.02. The molecule has 10 heteroatoms. The molecule has 0 spiro atoms. The Bertz CT molecular complexity index is 960. The van der Waals surface area contributed by atoms with Crippen LogP contribution in [-0.4, -0.2) is 34.3 Å². The van der Waals surface area contributed by atoms with Gasteiger partial charge in [0.15, 0.2) is 6.29 Å². The molecule has 0 radical (unpaired) electrons. The van der Waals surface area contributed by atoms with Crippen molar-refractivity contribution in [1.29, 1.82) is 0 Å². The molecule has 31 heavy (non-hydrogen) atoms. The van der Waals surface area contributed by atoms with Gasteiger partial charge in [0.25, 0.3) is 0 Å². The maximum atomic E-state index is 13.3. The first-order valence-electron chi connectivity index (χ1n) is 9.83. The number of carboxylic acid groups (broad SMARTS) is 1. The van der Waals surface area contributed by atoms with E-state index in [0.29, 0.717) is 36.6 Å². The minimum absolute atomic E-state index is 0.109. The molecular weight excluding hydrogens is 415 g/mol. The Labute approximate surface area is 177 Å². The number of hydrogen-bond donors (Lipinski definition) is 2. The fraction of sp³-hybridized carbons (Fsp3) is 0.476. The molecule has 1 atom stereocenters. The minimum Gasteiger partial charge on any atom is -0.481 e. The smallest absolute Gasteiger partial charge is 0.416 e. The van der Waals surface area contributed by atoms with E-state index in [4.69, 9.17) is 9.47 Å². The molecule has 168 valence electrons. The number of carboxylic acids is 1. The monoisotopic (exact) mass is 439 g/mol. The van der Waals surface area contributed by atoms with Crippen molar-refractivity contribution < 1.29 is 32.5 Å². The third-order valence-corrected chi connectivity index (χ3v) is 5.02. The lowest BCUT2D eigenvalue weighted by molar-refractivity contribution is -0.183. The number of rotatable bonds is 6. The second-order valence-corrected chi connectivity index (χ2v) is 7.36. The average Bonchev–Trinajstić information content (AvgIpc) is 2.67. The van der Waals surface area contributed by atoms with E-state index in [-0.39, 0.29) is 23.5 Å². The van der Waals surface area contributed by atoms with Crippen LogP contribution in [0.2, 0.25) is 0 Å². The van der Waals surface area contributed by atoms with Gasteiger partial charge in [-0.3, -0.25) is 4.79 Å². The molecule has 2 aromatic rings. The number of hydrogen-bond acceptors (Lipinski definition) is 6. The summed E-state index contributed by atoms with van der Waals surface area (Å²) >= 11 is 0. The summed E-state index contributed by atoms with van der Waals surface area (Å²) < 4.78 is 51.3. The van der Waals surface area contributed by atoms with Gasteiger partial charge < -0.3 is 19.9 Å². The molecule has 1 aliphatic heterocycles. The lowest BCUT2D eigenvalue weighted by atomic mass is 9.97. The predicted octanol–water partition coefficient (Wildman–Crippen LogP) is 4.35. The SMILES string of the molecule is Cc1nc(CC(=O)O)c(C2OCCCO2)c(N[C@H](C)c2cccc(C(F)(F)F)c2C)n1. The van der Waals surface area contributed by atoms with E-state index in [9.17, 15) is 23.1 Å². The second-order valence-electron chi connectivity index (χ2n) is 7.36. The zero-order valence-electron chi connectivity index (χ0n) is 17.4. The van der Waals surface area contributed by atoms with Crippen molar-refractivity contribution in [3.63, 3.8) is 0 Å². The zero-order chi connectivity index (χ0) is 22.8. The lowest BCUT2D eigenvalue weighted by Gasteiger charge is -2.28. The van der Waals surface area contributed by atoms with Crippen LogP contribution in [0, 0.1) is 13.8 Å². The van der Waals surface area contributed by atoms with Gasteiger partial charge in [-0.2, -0.15) is 13.2 Å². The summed E-state index contributed by atoms with van der Waals surface area (Å²) in [4.78, 5) is 20.0. The molecule has 1 fully saturated rings. The molecule has 0 amide bonds. The van der Waals surface area contributed by atoms with Gasteiger partial charge >= 0.3 is 12.1 Å². The lowest BCUT2D eigenvalue weighted by Crippen LogP contribution is -2.24. The first-order chi connectivity index (χ1) is 14.6. The Kier molecular flexibility index (Phi) is 6.80. The van der Waals surface area contributed by atoms with E-state index in [1.54, 1.807) is 19.9 Å². The standard InChI is InChI=1S/C21H24F3N3O4/c1-11-14(6-4-7-15(11)21(22,23)24)12(2)25-19-18(20-30-8-5-9-31-20)16(10-17(28)29)26-13(3)27-19/h4,6-7,12,20H,5,8-10H2,1-3H3,(H,28,29)(H,25,26,27)/t12-/m1/s1. The van der Waals surface area contributed by atoms with Crippen LogP contribution in [0.25, 0.3) is 0 Å². The molecule has 1 saturated heterocycles. The first-order valence-corrected chi connectivity index (χ1v) is 9.83. The van der Waals surface area contributed by atoms with Gasteiger partial charge in [0, 0.05) is 0 Å². The third kappa shape index (κ3) is 5.31. The van der Waals surface area contributed by atoms with Gasteiger partial charge in [0.2, 0.25) is 0 Å². The van der Waals surface area contributed by atoms with Crippen LogP contribution in [0.5, 0.6) is 0 Å². The molecular formula is C21H24F3N3O4. The van der Waals surface area contributed by atoms with E-state index in [1.165, 1.54) is 13.0 Å². The van der Waals surface area contributed by atoms with Gasteiger partial charge in [-0.25, -0.2) is 9.97 Å². The van der Waals surface area contributed by atoms with Crippen LogP contribution in [0.3, 0.4) is 0 Å². The number of halogens is 3. The Morgan fingerprint density at radius 2 is 1.94 bits per heavy atom. The predicted molar refractivity (Wildman–Crippen MR) is 106 cm³/mol. The molecule has 3 rings (SSSR count). The highest BCUT2D eigenvalue weighted by atomic mass is 19.4. The molecule has 0 unspecified atom stereocenters. The average molecular weight is 439 g/mol. The maximum Gasteiger partial charge on any atom is 0.416 e. The maximum absolute atomic E-state index is 13.3. The largest absolute Gasteiger partial charge is 0.481 e. The van der Waals surface area contributed by atoms with E-state index >= 15 is 0 Å². The summed E-state index contributed by atoms with van der Waals surface area (Å²) in [7, 11) is 0. The normalized spacial score (nSPS) is 16.2. The van der Waals surface area contributed by atoms with Gasteiger partial charge in [0.1, 0.15) is 11.6 Å². The van der Waals surface area contributed by atoms with Gasteiger partial charge in [-0.05, 0) is 44.4 Å². The molecule has 0 bridgehead atoms. The molecule has 1 aromatic carbocycles. The highest BCUT2D eigenvalue weighted by molar-refractivity contribution is 5.71. The van der Waals surface area contributed by atoms with Crippen molar-refractivity contribution in [3.8, 4) is 0 Å². The number of nitrogens with one attached hydrogen (secondary N) is 1. The summed E-state index contributed by atoms with van der Waals surface area (Å²) in [5, 5.41) is 12.4. The summed E-state index contributed by atoms with van der Waals surface area (Å²) in [6, 6.07) is 3.46. The number of aryl methyl sites for hydroxylation is 1. The number of anilines is 1. The van der Waals surface area contributed by atoms with Crippen molar-refractivity contribution in [2.24, 2.45) is 0 Å². The van der Waals surface area contributed by atoms with E-state index in [0.717, 1.165) is 6.07 Å². The Morgan fingerprint density at radius 3 is 2.55 bits per heavy atom. The van der Waals surface area contributed by atoms with Crippen LogP contribution >= 0.6 is 0 Å². The third-order valence-electron chi connectivity index (χ3n) is 5.02. The van der Waals surface area contributed by atoms with Crippen molar-refractivity contribution in [3.05, 3.63) is 52.0 Å². The Morgan fingerprint density at radius 1 is 1.26 bits per heavy atom. The van der Waals surface area contributed by atoms with Gasteiger partial charge in [-0.1, -0.05) is 12.1 Å². The highest BCUT2D eigenvalue weighted by Gasteiger charge is 2.34. The summed E-state index contributed by atoms with van der Waals surface area (Å²) in [6.45, 7) is 5.59. The summed E-state index contributed by atoms with van der Waals surface area (Å²) in [5.74, 6) is -0.478. The number of nitrogens with zero attached hydrogens (tertiary/aromatic N) is 2. The van der Waals surface area contributed by atoms with Crippen LogP contribution in [0.15, 0.2) is 18.2 Å². The highest BCUT2D eigenvalue weighted by Crippen LogP contribution is 2.37. The molecule has 0 aliphatic carbocycles.